The lowest BCUT2D eigenvalue weighted by Gasteiger charge is -2.08. The van der Waals surface area contributed by atoms with Crippen molar-refractivity contribution in [1.29, 1.82) is 0 Å². The number of hydrogen-bond donors (Lipinski definition) is 1. The Hall–Kier alpha value is -2.14. The number of halogens is 1. The molecular weight excluding hydrogens is 266 g/mol. The molecule has 1 aromatic heterocycles. The maximum absolute atomic E-state index is 11.0. The molecule has 0 amide bonds. The van der Waals surface area contributed by atoms with E-state index < -0.39 is 4.92 Å². The fourth-order valence-electron chi connectivity index (χ4n) is 1.65. The summed E-state index contributed by atoms with van der Waals surface area (Å²) in [5.74, 6) is 0.246. The zero-order valence-electron chi connectivity index (χ0n) is 10.3. The Labute approximate surface area is 115 Å². The van der Waals surface area contributed by atoms with Crippen LogP contribution < -0.4 is 5.32 Å². The van der Waals surface area contributed by atoms with E-state index in [1.165, 1.54) is 6.07 Å². The van der Waals surface area contributed by atoms with Gasteiger partial charge in [0.2, 0.25) is 5.82 Å². The zero-order valence-corrected chi connectivity index (χ0v) is 11.0. The summed E-state index contributed by atoms with van der Waals surface area (Å²) in [4.78, 5) is 14.6. The molecule has 0 atom stereocenters. The zero-order chi connectivity index (χ0) is 13.8. The summed E-state index contributed by atoms with van der Waals surface area (Å²) in [7, 11) is 0. The van der Waals surface area contributed by atoms with Gasteiger partial charge in [0.15, 0.2) is 0 Å². The second-order valence-corrected chi connectivity index (χ2v) is 4.49. The van der Waals surface area contributed by atoms with E-state index in [2.05, 4.69) is 10.3 Å². The van der Waals surface area contributed by atoms with E-state index in [-0.39, 0.29) is 11.5 Å². The van der Waals surface area contributed by atoms with Crippen molar-refractivity contribution in [2.45, 2.75) is 13.5 Å². The first-order chi connectivity index (χ1) is 9.08. The summed E-state index contributed by atoms with van der Waals surface area (Å²) in [5, 5.41) is 14.5. The van der Waals surface area contributed by atoms with Crippen LogP contribution in [0.2, 0.25) is 5.02 Å². The number of aromatic nitrogens is 1. The Morgan fingerprint density at radius 2 is 2.16 bits per heavy atom. The first-order valence-electron chi connectivity index (χ1n) is 5.66. The summed E-state index contributed by atoms with van der Waals surface area (Å²) in [6.07, 6.45) is 1.59. The van der Waals surface area contributed by atoms with Gasteiger partial charge in [0.05, 0.1) is 4.92 Å². The van der Waals surface area contributed by atoms with Crippen LogP contribution in [0.25, 0.3) is 0 Å². The molecule has 0 saturated carbocycles. The average molecular weight is 278 g/mol. The van der Waals surface area contributed by atoms with Crippen molar-refractivity contribution in [3.8, 4) is 0 Å². The van der Waals surface area contributed by atoms with Crippen LogP contribution in [0, 0.1) is 17.0 Å². The third kappa shape index (κ3) is 3.20. The van der Waals surface area contributed by atoms with E-state index in [1.807, 2.05) is 18.2 Å². The molecule has 5 nitrogen and oxygen atoms in total. The molecule has 0 bridgehead atoms. The van der Waals surface area contributed by atoms with Crippen LogP contribution in [-0.2, 0) is 6.54 Å². The second kappa shape index (κ2) is 5.67. The minimum Gasteiger partial charge on any atom is -0.360 e. The highest BCUT2D eigenvalue weighted by molar-refractivity contribution is 6.31. The summed E-state index contributed by atoms with van der Waals surface area (Å²) in [6.45, 7) is 2.15. The fourth-order valence-corrected chi connectivity index (χ4v) is 1.85. The Kier molecular flexibility index (Phi) is 3.97. The number of nitrogens with one attached hydrogen (secondary N) is 1. The standard InChI is InChI=1S/C13H12ClN3O2/c1-9-6-12(17(18)19)13(15-7-9)16-8-10-4-2-3-5-11(10)14/h2-7H,8H2,1H3,(H,15,16). The molecule has 0 unspecified atom stereocenters. The van der Waals surface area contributed by atoms with E-state index in [0.717, 1.165) is 11.1 Å². The fraction of sp³-hybridized carbons (Fsp3) is 0.154. The van der Waals surface area contributed by atoms with Crippen LogP contribution in [-0.4, -0.2) is 9.91 Å². The molecule has 0 saturated heterocycles. The van der Waals surface area contributed by atoms with E-state index in [1.54, 1.807) is 19.2 Å². The van der Waals surface area contributed by atoms with Crippen molar-refractivity contribution < 1.29 is 4.92 Å². The molecule has 1 heterocycles. The van der Waals surface area contributed by atoms with E-state index in [0.29, 0.717) is 11.6 Å². The second-order valence-electron chi connectivity index (χ2n) is 4.08. The Balaban J connectivity index is 2.20. The maximum Gasteiger partial charge on any atom is 0.311 e. The molecule has 0 aliphatic heterocycles. The van der Waals surface area contributed by atoms with Gasteiger partial charge in [0.1, 0.15) is 0 Å². The number of pyridine rings is 1. The third-order valence-electron chi connectivity index (χ3n) is 2.61. The van der Waals surface area contributed by atoms with Gasteiger partial charge in [-0.2, -0.15) is 0 Å². The topological polar surface area (TPSA) is 68.1 Å². The van der Waals surface area contributed by atoms with Gasteiger partial charge in [0.25, 0.3) is 0 Å². The molecule has 0 spiro atoms. The molecule has 6 heteroatoms. The van der Waals surface area contributed by atoms with E-state index in [4.69, 9.17) is 11.6 Å². The minimum absolute atomic E-state index is 0.0351. The predicted octanol–water partition coefficient (Wildman–Crippen LogP) is 3.56. The van der Waals surface area contributed by atoms with Gasteiger partial charge in [-0.25, -0.2) is 4.98 Å². The quantitative estimate of drug-likeness (QED) is 0.685. The Morgan fingerprint density at radius 3 is 2.84 bits per heavy atom. The molecule has 98 valence electrons. The first-order valence-corrected chi connectivity index (χ1v) is 6.04. The predicted molar refractivity (Wildman–Crippen MR) is 74.4 cm³/mol. The molecular formula is C13H12ClN3O2. The van der Waals surface area contributed by atoms with Crippen LogP contribution in [0.3, 0.4) is 0 Å². The van der Waals surface area contributed by atoms with Crippen molar-refractivity contribution in [1.82, 2.24) is 4.98 Å². The Bertz CT molecular complexity index is 617. The van der Waals surface area contributed by atoms with Gasteiger partial charge in [-0.15, -0.1) is 0 Å². The number of benzene rings is 1. The SMILES string of the molecule is Cc1cnc(NCc2ccccc2Cl)c([N+](=O)[O-])c1. The van der Waals surface area contributed by atoms with Crippen molar-refractivity contribution in [3.63, 3.8) is 0 Å². The monoisotopic (exact) mass is 277 g/mol. The number of anilines is 1. The highest BCUT2D eigenvalue weighted by atomic mass is 35.5. The molecule has 2 aromatic rings. The van der Waals surface area contributed by atoms with Crippen molar-refractivity contribution >= 4 is 23.1 Å². The lowest BCUT2D eigenvalue weighted by molar-refractivity contribution is -0.384. The van der Waals surface area contributed by atoms with Gasteiger partial charge < -0.3 is 5.32 Å². The van der Waals surface area contributed by atoms with Crippen molar-refractivity contribution in [3.05, 3.63) is 62.8 Å². The van der Waals surface area contributed by atoms with Gasteiger partial charge in [-0.05, 0) is 24.1 Å². The first kappa shape index (κ1) is 13.3. The summed E-state index contributed by atoms with van der Waals surface area (Å²) >= 11 is 6.02. The largest absolute Gasteiger partial charge is 0.360 e. The van der Waals surface area contributed by atoms with Gasteiger partial charge in [0, 0.05) is 23.8 Å². The number of aryl methyl sites for hydroxylation is 1. The Morgan fingerprint density at radius 1 is 1.42 bits per heavy atom. The van der Waals surface area contributed by atoms with Crippen LogP contribution in [0.15, 0.2) is 36.5 Å². The molecule has 0 aliphatic carbocycles. The lowest BCUT2D eigenvalue weighted by Crippen LogP contribution is -2.05. The maximum atomic E-state index is 11.0. The molecule has 0 radical (unpaired) electrons. The molecule has 0 fully saturated rings. The summed E-state index contributed by atoms with van der Waals surface area (Å²) in [5.41, 5.74) is 1.57. The highest BCUT2D eigenvalue weighted by Gasteiger charge is 2.15. The van der Waals surface area contributed by atoms with Crippen molar-refractivity contribution in [2.24, 2.45) is 0 Å². The number of rotatable bonds is 4. The summed E-state index contributed by atoms with van der Waals surface area (Å²) in [6, 6.07) is 8.81. The third-order valence-corrected chi connectivity index (χ3v) is 2.97. The van der Waals surface area contributed by atoms with Crippen LogP contribution in [0.1, 0.15) is 11.1 Å². The number of nitrogens with zero attached hydrogens (tertiary/aromatic N) is 2. The normalized spacial score (nSPS) is 10.2. The lowest BCUT2D eigenvalue weighted by atomic mass is 10.2. The molecule has 0 aliphatic rings. The smallest absolute Gasteiger partial charge is 0.311 e. The van der Waals surface area contributed by atoms with Gasteiger partial charge >= 0.3 is 5.69 Å². The van der Waals surface area contributed by atoms with Gasteiger partial charge in [-0.1, -0.05) is 29.8 Å². The van der Waals surface area contributed by atoms with Crippen molar-refractivity contribution in [2.75, 3.05) is 5.32 Å². The van der Waals surface area contributed by atoms with Crippen LogP contribution >= 0.6 is 11.6 Å². The van der Waals surface area contributed by atoms with Gasteiger partial charge in [-0.3, -0.25) is 10.1 Å². The molecule has 19 heavy (non-hydrogen) atoms. The summed E-state index contributed by atoms with van der Waals surface area (Å²) < 4.78 is 0. The van der Waals surface area contributed by atoms with Crippen LogP contribution in [0.5, 0.6) is 0 Å². The highest BCUT2D eigenvalue weighted by Crippen LogP contribution is 2.24. The molecule has 1 N–H and O–H groups in total. The minimum atomic E-state index is -0.449. The van der Waals surface area contributed by atoms with E-state index >= 15 is 0 Å². The average Bonchev–Trinajstić information content (AvgIpc) is 2.38. The van der Waals surface area contributed by atoms with E-state index in [9.17, 15) is 10.1 Å². The molecule has 1 aromatic carbocycles. The number of nitro groups is 1. The van der Waals surface area contributed by atoms with Crippen LogP contribution in [0.4, 0.5) is 11.5 Å². The number of hydrogen-bond acceptors (Lipinski definition) is 4. The molecule has 2 rings (SSSR count).